The van der Waals surface area contributed by atoms with E-state index in [1.807, 2.05) is 11.0 Å². The maximum Gasteiger partial charge on any atom is 0.236 e. The lowest BCUT2D eigenvalue weighted by Gasteiger charge is -2.33. The summed E-state index contributed by atoms with van der Waals surface area (Å²) in [7, 11) is 2.11. The Morgan fingerprint density at radius 3 is 2.27 bits per heavy atom. The molecule has 26 heavy (non-hydrogen) atoms. The molecular formula is C22H27N3O. The minimum atomic E-state index is -0.120. The third-order valence-corrected chi connectivity index (χ3v) is 5.86. The van der Waals surface area contributed by atoms with Gasteiger partial charge in [0.2, 0.25) is 5.91 Å². The molecule has 4 heteroatoms. The summed E-state index contributed by atoms with van der Waals surface area (Å²) < 4.78 is 0. The van der Waals surface area contributed by atoms with Gasteiger partial charge in [-0.3, -0.25) is 10.1 Å². The third kappa shape index (κ3) is 3.39. The van der Waals surface area contributed by atoms with Crippen molar-refractivity contribution < 1.29 is 4.79 Å². The molecule has 1 amide bonds. The highest BCUT2D eigenvalue weighted by Gasteiger charge is 2.55. The van der Waals surface area contributed by atoms with Gasteiger partial charge in [-0.25, -0.2) is 0 Å². The fourth-order valence-electron chi connectivity index (χ4n) is 4.10. The number of piperazine rings is 1. The van der Waals surface area contributed by atoms with Crippen molar-refractivity contribution in [1.82, 2.24) is 15.1 Å². The van der Waals surface area contributed by atoms with Crippen LogP contribution in [-0.4, -0.2) is 55.5 Å². The Bertz CT molecular complexity index is 740. The highest BCUT2D eigenvalue weighted by molar-refractivity contribution is 5.78. The third-order valence-electron chi connectivity index (χ3n) is 5.86. The number of benzene rings is 2. The van der Waals surface area contributed by atoms with Crippen LogP contribution in [0.15, 0.2) is 60.7 Å². The molecule has 0 aromatic heterocycles. The number of nitrogens with one attached hydrogen (secondary N) is 1. The van der Waals surface area contributed by atoms with Gasteiger partial charge in [0, 0.05) is 32.1 Å². The number of hydrogen-bond donors (Lipinski definition) is 1. The summed E-state index contributed by atoms with van der Waals surface area (Å²) in [6.07, 6.45) is 1.04. The first-order chi connectivity index (χ1) is 12.7. The SMILES string of the molecule is CN1CCN(C(=O)CN[C@]2(c3ccccc3)C[C@H]2c2ccccc2)CC1. The number of carbonyl (C=O) groups excluding carboxylic acids is 1. The van der Waals surface area contributed by atoms with Crippen molar-refractivity contribution in [2.45, 2.75) is 17.9 Å². The predicted molar refractivity (Wildman–Crippen MR) is 104 cm³/mol. The molecule has 2 aromatic carbocycles. The van der Waals surface area contributed by atoms with Crippen molar-refractivity contribution in [2.24, 2.45) is 0 Å². The number of rotatable bonds is 5. The molecule has 2 atom stereocenters. The molecule has 1 N–H and O–H groups in total. The van der Waals surface area contributed by atoms with Crippen molar-refractivity contribution in [3.63, 3.8) is 0 Å². The summed E-state index contributed by atoms with van der Waals surface area (Å²) in [4.78, 5) is 17.0. The second kappa shape index (κ2) is 7.22. The monoisotopic (exact) mass is 349 g/mol. The Balaban J connectivity index is 1.48. The molecule has 1 aliphatic carbocycles. The quantitative estimate of drug-likeness (QED) is 0.901. The topological polar surface area (TPSA) is 35.6 Å². The van der Waals surface area contributed by atoms with Gasteiger partial charge >= 0.3 is 0 Å². The molecule has 1 aliphatic heterocycles. The van der Waals surface area contributed by atoms with Crippen LogP contribution in [-0.2, 0) is 10.3 Å². The van der Waals surface area contributed by atoms with Crippen LogP contribution in [0, 0.1) is 0 Å². The Kier molecular flexibility index (Phi) is 4.79. The van der Waals surface area contributed by atoms with Crippen LogP contribution < -0.4 is 5.32 Å². The Morgan fingerprint density at radius 1 is 1.00 bits per heavy atom. The van der Waals surface area contributed by atoms with E-state index in [4.69, 9.17) is 0 Å². The summed E-state index contributed by atoms with van der Waals surface area (Å²) in [5, 5.41) is 3.64. The van der Waals surface area contributed by atoms with Gasteiger partial charge in [0.1, 0.15) is 0 Å². The van der Waals surface area contributed by atoms with Crippen molar-refractivity contribution >= 4 is 5.91 Å². The van der Waals surface area contributed by atoms with E-state index in [1.54, 1.807) is 0 Å². The van der Waals surface area contributed by atoms with Crippen LogP contribution in [0.1, 0.15) is 23.5 Å². The van der Waals surface area contributed by atoms with E-state index in [9.17, 15) is 4.79 Å². The average Bonchev–Trinajstić information content (AvgIpc) is 3.44. The zero-order chi connectivity index (χ0) is 18.0. The largest absolute Gasteiger partial charge is 0.339 e. The van der Waals surface area contributed by atoms with Crippen molar-refractivity contribution in [3.05, 3.63) is 71.8 Å². The second-order valence-electron chi connectivity index (χ2n) is 7.54. The van der Waals surface area contributed by atoms with Gasteiger partial charge in [-0.05, 0) is 24.6 Å². The standard InChI is InChI=1S/C22H27N3O/c1-24-12-14-25(15-13-24)21(26)17-23-22(19-10-6-3-7-11-19)16-20(22)18-8-4-2-5-9-18/h2-11,20,23H,12-17H2,1H3/t20-,22-/m0/s1. The number of likely N-dealkylation sites (N-methyl/N-ethyl adjacent to an activating group) is 1. The van der Waals surface area contributed by atoms with E-state index < -0.39 is 0 Å². The highest BCUT2D eigenvalue weighted by atomic mass is 16.2. The predicted octanol–water partition coefficient (Wildman–Crippen LogP) is 2.43. The average molecular weight is 349 g/mol. The lowest BCUT2D eigenvalue weighted by Crippen LogP contribution is -2.50. The molecule has 1 saturated heterocycles. The molecule has 0 bridgehead atoms. The fraction of sp³-hybridized carbons (Fsp3) is 0.409. The maximum atomic E-state index is 12.7. The van der Waals surface area contributed by atoms with Crippen molar-refractivity contribution in [3.8, 4) is 0 Å². The molecule has 1 saturated carbocycles. The lowest BCUT2D eigenvalue weighted by molar-refractivity contribution is -0.132. The van der Waals surface area contributed by atoms with Crippen LogP contribution in [0.4, 0.5) is 0 Å². The first-order valence-electron chi connectivity index (χ1n) is 9.51. The van der Waals surface area contributed by atoms with Gasteiger partial charge in [0.15, 0.2) is 0 Å². The Hall–Kier alpha value is -2.17. The molecule has 2 fully saturated rings. The van der Waals surface area contributed by atoms with Crippen molar-refractivity contribution in [1.29, 1.82) is 0 Å². The molecule has 136 valence electrons. The molecule has 0 spiro atoms. The highest BCUT2D eigenvalue weighted by Crippen LogP contribution is 2.58. The number of hydrogen-bond acceptors (Lipinski definition) is 3. The van der Waals surface area contributed by atoms with Gasteiger partial charge in [0.25, 0.3) is 0 Å². The first-order valence-corrected chi connectivity index (χ1v) is 9.51. The molecular weight excluding hydrogens is 322 g/mol. The molecule has 0 unspecified atom stereocenters. The summed E-state index contributed by atoms with van der Waals surface area (Å²) >= 11 is 0. The van der Waals surface area contributed by atoms with E-state index in [0.29, 0.717) is 12.5 Å². The van der Waals surface area contributed by atoms with Gasteiger partial charge < -0.3 is 9.80 Å². The van der Waals surface area contributed by atoms with Crippen LogP contribution >= 0.6 is 0 Å². The Morgan fingerprint density at radius 2 is 1.62 bits per heavy atom. The normalized spacial score (nSPS) is 25.9. The first kappa shape index (κ1) is 17.3. The summed E-state index contributed by atoms with van der Waals surface area (Å²) in [6, 6.07) is 21.2. The molecule has 4 nitrogen and oxygen atoms in total. The summed E-state index contributed by atoms with van der Waals surface area (Å²) in [5.41, 5.74) is 2.50. The fourth-order valence-corrected chi connectivity index (χ4v) is 4.10. The molecule has 2 aromatic rings. The van der Waals surface area contributed by atoms with Crippen LogP contribution in [0.3, 0.4) is 0 Å². The smallest absolute Gasteiger partial charge is 0.236 e. The lowest BCUT2D eigenvalue weighted by atomic mass is 9.98. The minimum absolute atomic E-state index is 0.120. The van der Waals surface area contributed by atoms with Gasteiger partial charge in [-0.1, -0.05) is 60.7 Å². The number of carbonyl (C=O) groups is 1. The summed E-state index contributed by atoms with van der Waals surface area (Å²) in [5.74, 6) is 0.638. The van der Waals surface area contributed by atoms with E-state index in [0.717, 1.165) is 32.6 Å². The molecule has 1 heterocycles. The zero-order valence-corrected chi connectivity index (χ0v) is 15.4. The Labute approximate surface area is 155 Å². The molecule has 2 aliphatic rings. The molecule has 4 rings (SSSR count). The zero-order valence-electron chi connectivity index (χ0n) is 15.4. The van der Waals surface area contributed by atoms with E-state index in [1.165, 1.54) is 11.1 Å². The van der Waals surface area contributed by atoms with E-state index >= 15 is 0 Å². The number of amides is 1. The van der Waals surface area contributed by atoms with Crippen molar-refractivity contribution in [2.75, 3.05) is 39.8 Å². The number of nitrogens with zero attached hydrogens (tertiary/aromatic N) is 2. The van der Waals surface area contributed by atoms with Gasteiger partial charge in [-0.15, -0.1) is 0 Å². The van der Waals surface area contributed by atoms with Crippen LogP contribution in [0.25, 0.3) is 0 Å². The van der Waals surface area contributed by atoms with E-state index in [2.05, 4.69) is 71.9 Å². The van der Waals surface area contributed by atoms with Crippen LogP contribution in [0.5, 0.6) is 0 Å². The minimum Gasteiger partial charge on any atom is -0.339 e. The van der Waals surface area contributed by atoms with Gasteiger partial charge in [-0.2, -0.15) is 0 Å². The second-order valence-corrected chi connectivity index (χ2v) is 7.54. The molecule has 0 radical (unpaired) electrons. The van der Waals surface area contributed by atoms with Crippen LogP contribution in [0.2, 0.25) is 0 Å². The van der Waals surface area contributed by atoms with Gasteiger partial charge in [0.05, 0.1) is 12.1 Å². The maximum absolute atomic E-state index is 12.7. The summed E-state index contributed by atoms with van der Waals surface area (Å²) in [6.45, 7) is 3.99. The van der Waals surface area contributed by atoms with E-state index in [-0.39, 0.29) is 11.4 Å².